The van der Waals surface area contributed by atoms with Crippen molar-refractivity contribution in [2.24, 2.45) is 0 Å². The van der Waals surface area contributed by atoms with Gasteiger partial charge in [0, 0.05) is 5.69 Å². The topological polar surface area (TPSA) is 84.0 Å². The third-order valence-corrected chi connectivity index (χ3v) is 4.85. The molecule has 3 N–H and O–H groups in total. The van der Waals surface area contributed by atoms with Crippen molar-refractivity contribution < 1.29 is 17.9 Å². The molecule has 0 saturated heterocycles. The molecule has 0 aliphatic carbocycles. The summed E-state index contributed by atoms with van der Waals surface area (Å²) in [5.74, 6) is -0.192. The number of nitriles is 1. The lowest BCUT2D eigenvalue weighted by atomic mass is 10.1. The van der Waals surface area contributed by atoms with Gasteiger partial charge in [-0.1, -0.05) is 50.4 Å². The first-order valence-corrected chi connectivity index (χ1v) is 9.94. The number of ether oxygens (including phenoxy) is 1. The summed E-state index contributed by atoms with van der Waals surface area (Å²) in [6, 6.07) is 5.58. The maximum absolute atomic E-state index is 13.4. The maximum Gasteiger partial charge on any atom is 0.420 e. The van der Waals surface area contributed by atoms with Gasteiger partial charge >= 0.3 is 6.18 Å². The number of halogens is 3. The van der Waals surface area contributed by atoms with Crippen molar-refractivity contribution in [2.45, 2.75) is 51.6 Å². The van der Waals surface area contributed by atoms with Gasteiger partial charge in [0.25, 0.3) is 0 Å². The first kappa shape index (κ1) is 21.8. The van der Waals surface area contributed by atoms with Gasteiger partial charge in [-0.2, -0.15) is 18.4 Å². The van der Waals surface area contributed by atoms with Gasteiger partial charge in [-0.3, -0.25) is 0 Å². The molecule has 0 aliphatic heterocycles. The van der Waals surface area contributed by atoms with Crippen LogP contribution in [-0.2, 0) is 6.18 Å². The van der Waals surface area contributed by atoms with Crippen LogP contribution in [0.2, 0.25) is 0 Å². The summed E-state index contributed by atoms with van der Waals surface area (Å²) in [5.41, 5.74) is 5.01. The lowest BCUT2D eigenvalue weighted by Gasteiger charge is -2.15. The maximum atomic E-state index is 13.4. The Morgan fingerprint density at radius 3 is 2.57 bits per heavy atom. The molecule has 0 saturated carbocycles. The van der Waals surface area contributed by atoms with Gasteiger partial charge in [-0.05, 0) is 24.6 Å². The molecule has 2 aromatic rings. The predicted molar refractivity (Wildman–Crippen MR) is 105 cm³/mol. The van der Waals surface area contributed by atoms with E-state index in [1.165, 1.54) is 18.6 Å². The van der Waals surface area contributed by atoms with Crippen LogP contribution in [0.1, 0.15) is 56.7 Å². The molecule has 0 fully saturated rings. The minimum Gasteiger partial charge on any atom is -0.493 e. The van der Waals surface area contributed by atoms with Crippen LogP contribution in [0.5, 0.6) is 5.75 Å². The highest BCUT2D eigenvalue weighted by molar-refractivity contribution is 7.19. The van der Waals surface area contributed by atoms with Gasteiger partial charge < -0.3 is 15.8 Å². The van der Waals surface area contributed by atoms with E-state index in [1.54, 1.807) is 0 Å². The molecule has 0 unspecified atom stereocenters. The second-order valence-electron chi connectivity index (χ2n) is 6.29. The Morgan fingerprint density at radius 2 is 1.93 bits per heavy atom. The van der Waals surface area contributed by atoms with E-state index >= 15 is 0 Å². The van der Waals surface area contributed by atoms with Gasteiger partial charge in [0.05, 0.1) is 12.2 Å². The van der Waals surface area contributed by atoms with Crippen LogP contribution in [-0.4, -0.2) is 11.6 Å². The zero-order valence-corrected chi connectivity index (χ0v) is 16.4. The van der Waals surface area contributed by atoms with E-state index in [4.69, 9.17) is 15.7 Å². The number of hydrogen-bond acceptors (Lipinski definition) is 6. The number of benzene rings is 1. The Bertz CT molecular complexity index is 814. The molecule has 1 aromatic heterocycles. The second-order valence-corrected chi connectivity index (χ2v) is 7.32. The van der Waals surface area contributed by atoms with Gasteiger partial charge in [-0.15, -0.1) is 0 Å². The molecule has 152 valence electrons. The number of unbranched alkanes of at least 4 members (excludes halogenated alkanes) is 5. The van der Waals surface area contributed by atoms with Gasteiger partial charge in [-0.25, -0.2) is 4.98 Å². The van der Waals surface area contributed by atoms with Crippen molar-refractivity contribution >= 4 is 27.2 Å². The number of alkyl halides is 3. The standard InChI is InChI=1S/C19H23F3N4OS/c1-2-3-4-5-6-7-10-27-16-9-8-13(11-14(16)19(20,21)22)25-18-26-15(12-23)17(24)28-18/h8-9,11H,2-7,10,24H2,1H3,(H,25,26). The normalized spacial score (nSPS) is 11.2. The Kier molecular flexibility index (Phi) is 7.93. The zero-order valence-electron chi connectivity index (χ0n) is 15.6. The molecule has 0 radical (unpaired) electrons. The Morgan fingerprint density at radius 1 is 1.21 bits per heavy atom. The molecule has 9 heteroatoms. The van der Waals surface area contributed by atoms with Crippen LogP contribution in [0.15, 0.2) is 18.2 Å². The largest absolute Gasteiger partial charge is 0.493 e. The lowest BCUT2D eigenvalue weighted by molar-refractivity contribution is -0.138. The highest BCUT2D eigenvalue weighted by atomic mass is 32.1. The first-order valence-electron chi connectivity index (χ1n) is 9.12. The number of hydrogen-bond donors (Lipinski definition) is 2. The van der Waals surface area contributed by atoms with Gasteiger partial charge in [0.15, 0.2) is 10.8 Å². The van der Waals surface area contributed by atoms with Crippen molar-refractivity contribution in [2.75, 3.05) is 17.7 Å². The molecule has 0 aliphatic rings. The number of nitrogens with one attached hydrogen (secondary N) is 1. The first-order chi connectivity index (χ1) is 13.3. The number of nitrogen functional groups attached to an aromatic ring is 1. The van der Waals surface area contributed by atoms with Gasteiger partial charge in [0.2, 0.25) is 0 Å². The summed E-state index contributed by atoms with van der Waals surface area (Å²) in [4.78, 5) is 3.94. The lowest BCUT2D eigenvalue weighted by Crippen LogP contribution is -2.10. The van der Waals surface area contributed by atoms with E-state index in [9.17, 15) is 13.2 Å². The van der Waals surface area contributed by atoms with E-state index in [2.05, 4.69) is 17.2 Å². The number of nitrogens with two attached hydrogens (primary N) is 1. The Hall–Kier alpha value is -2.47. The molecular formula is C19H23F3N4OS. The molecule has 1 aromatic carbocycles. The SMILES string of the molecule is CCCCCCCCOc1ccc(Nc2nc(C#N)c(N)s2)cc1C(F)(F)F. The van der Waals surface area contributed by atoms with Crippen molar-refractivity contribution in [1.29, 1.82) is 5.26 Å². The average Bonchev–Trinajstić information content (AvgIpc) is 3.00. The summed E-state index contributed by atoms with van der Waals surface area (Å²) in [6.07, 6.45) is 1.64. The highest BCUT2D eigenvalue weighted by Crippen LogP contribution is 2.39. The van der Waals surface area contributed by atoms with Crippen LogP contribution in [0, 0.1) is 11.3 Å². The van der Waals surface area contributed by atoms with E-state index in [1.807, 2.05) is 6.07 Å². The Labute approximate surface area is 166 Å². The highest BCUT2D eigenvalue weighted by Gasteiger charge is 2.34. The van der Waals surface area contributed by atoms with Crippen molar-refractivity contribution in [3.8, 4) is 11.8 Å². The summed E-state index contributed by atoms with van der Waals surface area (Å²) >= 11 is 0.997. The average molecular weight is 412 g/mol. The summed E-state index contributed by atoms with van der Waals surface area (Å²) in [7, 11) is 0. The molecule has 1 heterocycles. The molecule has 2 rings (SSSR count). The summed E-state index contributed by atoms with van der Waals surface area (Å²) in [6.45, 7) is 2.38. The van der Waals surface area contributed by atoms with Crippen LogP contribution in [0.4, 0.5) is 29.0 Å². The molecular weight excluding hydrogens is 389 g/mol. The quantitative estimate of drug-likeness (QED) is 0.461. The fourth-order valence-corrected chi connectivity index (χ4v) is 3.31. The van der Waals surface area contributed by atoms with Crippen molar-refractivity contribution in [3.05, 3.63) is 29.5 Å². The van der Waals surface area contributed by atoms with Crippen LogP contribution >= 0.6 is 11.3 Å². The molecule has 0 atom stereocenters. The minimum atomic E-state index is -4.55. The number of aromatic nitrogens is 1. The molecule has 0 bridgehead atoms. The van der Waals surface area contributed by atoms with E-state index in [-0.39, 0.29) is 33.9 Å². The third-order valence-electron chi connectivity index (χ3n) is 4.05. The molecule has 0 amide bonds. The van der Waals surface area contributed by atoms with Crippen LogP contribution in [0.25, 0.3) is 0 Å². The predicted octanol–water partition coefficient (Wildman–Crippen LogP) is 6.10. The summed E-state index contributed by atoms with van der Waals surface area (Å²) < 4.78 is 45.7. The number of nitrogens with zero attached hydrogens (tertiary/aromatic N) is 2. The Balaban J connectivity index is 2.03. The molecule has 5 nitrogen and oxygen atoms in total. The number of anilines is 3. The zero-order chi connectivity index (χ0) is 20.6. The fourth-order valence-electron chi connectivity index (χ4n) is 2.61. The minimum absolute atomic E-state index is 0.0439. The van der Waals surface area contributed by atoms with Crippen molar-refractivity contribution in [1.82, 2.24) is 4.98 Å². The molecule has 0 spiro atoms. The van der Waals surface area contributed by atoms with E-state index < -0.39 is 11.7 Å². The smallest absolute Gasteiger partial charge is 0.420 e. The fraction of sp³-hybridized carbons (Fsp3) is 0.474. The van der Waals surface area contributed by atoms with Crippen LogP contribution in [0.3, 0.4) is 0 Å². The van der Waals surface area contributed by atoms with Gasteiger partial charge in [0.1, 0.15) is 16.8 Å². The summed E-state index contributed by atoms with van der Waals surface area (Å²) in [5, 5.41) is 12.1. The van der Waals surface area contributed by atoms with Crippen LogP contribution < -0.4 is 15.8 Å². The second kappa shape index (κ2) is 10.2. The monoisotopic (exact) mass is 412 g/mol. The molecule has 28 heavy (non-hydrogen) atoms. The third kappa shape index (κ3) is 6.30. The number of thiazole rings is 1. The van der Waals surface area contributed by atoms with Crippen molar-refractivity contribution in [3.63, 3.8) is 0 Å². The number of rotatable bonds is 10. The van der Waals surface area contributed by atoms with E-state index in [0.29, 0.717) is 0 Å². The van der Waals surface area contributed by atoms with E-state index in [0.717, 1.165) is 49.5 Å².